The second-order valence-corrected chi connectivity index (χ2v) is 7.09. The van der Waals surface area contributed by atoms with Crippen LogP contribution in [-0.2, 0) is 0 Å². The Labute approximate surface area is 117 Å². The summed E-state index contributed by atoms with van der Waals surface area (Å²) in [4.78, 5) is 2.22. The minimum Gasteiger partial charge on any atom is -0.364 e. The predicted molar refractivity (Wildman–Crippen MR) is 77.2 cm³/mol. The van der Waals surface area contributed by atoms with Crippen LogP contribution in [0.1, 0.15) is 52.4 Å². The lowest BCUT2D eigenvalue weighted by Gasteiger charge is -2.56. The highest BCUT2D eigenvalue weighted by molar-refractivity contribution is 5.25. The molecule has 0 aromatic heterocycles. The van der Waals surface area contributed by atoms with Crippen molar-refractivity contribution in [2.24, 2.45) is 23.2 Å². The third kappa shape index (κ3) is 2.29. The SMILES string of the molecule is CCN(CC)/C(C#N)=C\C12CC3CC(CC(C3)C1)C2. The molecule has 0 saturated heterocycles. The summed E-state index contributed by atoms with van der Waals surface area (Å²) in [6, 6.07) is 2.47. The smallest absolute Gasteiger partial charge is 0.117 e. The van der Waals surface area contributed by atoms with Gasteiger partial charge in [0.2, 0.25) is 0 Å². The summed E-state index contributed by atoms with van der Waals surface area (Å²) in [6.07, 6.45) is 10.9. The molecule has 0 radical (unpaired) electrons. The molecule has 4 aliphatic carbocycles. The molecule has 0 aromatic rings. The second-order valence-electron chi connectivity index (χ2n) is 7.09. The van der Waals surface area contributed by atoms with E-state index in [1.165, 1.54) is 38.5 Å². The molecule has 0 unspecified atom stereocenters. The first-order valence-electron chi connectivity index (χ1n) is 8.06. The lowest BCUT2D eigenvalue weighted by atomic mass is 9.49. The van der Waals surface area contributed by atoms with E-state index in [9.17, 15) is 5.26 Å². The quantitative estimate of drug-likeness (QED) is 0.714. The van der Waals surface area contributed by atoms with Crippen molar-refractivity contribution in [3.8, 4) is 6.07 Å². The lowest BCUT2D eigenvalue weighted by Crippen LogP contribution is -2.45. The largest absolute Gasteiger partial charge is 0.364 e. The van der Waals surface area contributed by atoms with Crippen molar-refractivity contribution in [2.75, 3.05) is 13.1 Å². The van der Waals surface area contributed by atoms with E-state index in [2.05, 4.69) is 30.9 Å². The molecule has 4 saturated carbocycles. The Bertz CT molecular complexity index is 376. The Morgan fingerprint density at radius 1 is 1.11 bits per heavy atom. The molecule has 0 amide bonds. The first-order valence-corrected chi connectivity index (χ1v) is 8.06. The first kappa shape index (κ1) is 13.0. The Balaban J connectivity index is 1.86. The number of rotatable bonds is 4. The Kier molecular flexibility index (Phi) is 3.33. The normalized spacial score (nSPS) is 40.3. The van der Waals surface area contributed by atoms with Crippen LogP contribution >= 0.6 is 0 Å². The van der Waals surface area contributed by atoms with Crippen LogP contribution in [0.5, 0.6) is 0 Å². The van der Waals surface area contributed by atoms with Crippen molar-refractivity contribution in [1.29, 1.82) is 5.26 Å². The number of hydrogen-bond donors (Lipinski definition) is 0. The van der Waals surface area contributed by atoms with E-state index in [0.29, 0.717) is 5.41 Å². The fraction of sp³-hybridized carbons (Fsp3) is 0.824. The van der Waals surface area contributed by atoms with Crippen molar-refractivity contribution >= 4 is 0 Å². The molecule has 0 aromatic carbocycles. The molecule has 4 rings (SSSR count). The maximum Gasteiger partial charge on any atom is 0.117 e. The summed E-state index contributed by atoms with van der Waals surface area (Å²) in [5.74, 6) is 2.87. The van der Waals surface area contributed by atoms with Crippen molar-refractivity contribution in [3.63, 3.8) is 0 Å². The molecule has 19 heavy (non-hydrogen) atoms. The van der Waals surface area contributed by atoms with E-state index in [4.69, 9.17) is 0 Å². The van der Waals surface area contributed by atoms with E-state index in [1.54, 1.807) is 0 Å². The van der Waals surface area contributed by atoms with Crippen LogP contribution in [0.25, 0.3) is 0 Å². The molecule has 4 bridgehead atoms. The topological polar surface area (TPSA) is 27.0 Å². The molecule has 0 N–H and O–H groups in total. The summed E-state index contributed by atoms with van der Waals surface area (Å²) in [5, 5.41) is 9.50. The third-order valence-electron chi connectivity index (χ3n) is 5.75. The number of allylic oxidation sites excluding steroid dienone is 2. The standard InChI is InChI=1S/C17H26N2/c1-3-19(4-2)16(12-18)11-17-8-13-5-14(9-17)7-15(6-13)10-17/h11,13-15H,3-10H2,1-2H3/b16-11-. The summed E-state index contributed by atoms with van der Waals surface area (Å²) in [5.41, 5.74) is 1.31. The van der Waals surface area contributed by atoms with Gasteiger partial charge >= 0.3 is 0 Å². The molecule has 0 atom stereocenters. The first-order chi connectivity index (χ1) is 9.18. The van der Waals surface area contributed by atoms with Gasteiger partial charge in [-0.15, -0.1) is 0 Å². The summed E-state index contributed by atoms with van der Waals surface area (Å²) >= 11 is 0. The molecule has 4 aliphatic rings. The van der Waals surface area contributed by atoms with Gasteiger partial charge in [-0.3, -0.25) is 0 Å². The van der Waals surface area contributed by atoms with Crippen LogP contribution in [0.15, 0.2) is 11.8 Å². The molecule has 0 heterocycles. The van der Waals surface area contributed by atoms with Gasteiger partial charge in [-0.05, 0) is 81.6 Å². The third-order valence-corrected chi connectivity index (χ3v) is 5.75. The van der Waals surface area contributed by atoms with Gasteiger partial charge in [0.15, 0.2) is 0 Å². The monoisotopic (exact) mass is 258 g/mol. The van der Waals surface area contributed by atoms with Gasteiger partial charge in [-0.25, -0.2) is 0 Å². The van der Waals surface area contributed by atoms with Gasteiger partial charge in [-0.1, -0.05) is 0 Å². The predicted octanol–water partition coefficient (Wildman–Crippen LogP) is 3.95. The summed E-state index contributed by atoms with van der Waals surface area (Å²) < 4.78 is 0. The zero-order valence-corrected chi connectivity index (χ0v) is 12.4. The van der Waals surface area contributed by atoms with E-state index in [1.807, 2.05) is 0 Å². The Morgan fingerprint density at radius 3 is 1.95 bits per heavy atom. The highest BCUT2D eigenvalue weighted by Crippen LogP contribution is 2.60. The van der Waals surface area contributed by atoms with Crippen LogP contribution in [0.4, 0.5) is 0 Å². The van der Waals surface area contributed by atoms with Crippen molar-refractivity contribution in [3.05, 3.63) is 11.8 Å². The Hall–Kier alpha value is -0.970. The van der Waals surface area contributed by atoms with Gasteiger partial charge in [0.05, 0.1) is 0 Å². The maximum atomic E-state index is 9.50. The molecular weight excluding hydrogens is 232 g/mol. The average Bonchev–Trinajstić information content (AvgIpc) is 2.37. The molecule has 0 spiro atoms. The molecular formula is C17H26N2. The number of nitriles is 1. The van der Waals surface area contributed by atoms with Crippen LogP contribution in [0.3, 0.4) is 0 Å². The maximum absolute atomic E-state index is 9.50. The average molecular weight is 258 g/mol. The van der Waals surface area contributed by atoms with Gasteiger partial charge < -0.3 is 4.90 Å². The fourth-order valence-electron chi connectivity index (χ4n) is 5.40. The van der Waals surface area contributed by atoms with Crippen LogP contribution in [0, 0.1) is 34.5 Å². The van der Waals surface area contributed by atoms with Crippen molar-refractivity contribution in [1.82, 2.24) is 4.90 Å². The fourth-order valence-corrected chi connectivity index (χ4v) is 5.40. The molecule has 2 heteroatoms. The summed E-state index contributed by atoms with van der Waals surface area (Å²) in [6.45, 7) is 6.19. The van der Waals surface area contributed by atoms with Gasteiger partial charge in [0.25, 0.3) is 0 Å². The molecule has 4 fully saturated rings. The van der Waals surface area contributed by atoms with E-state index < -0.39 is 0 Å². The van der Waals surface area contributed by atoms with E-state index in [-0.39, 0.29) is 0 Å². The second kappa shape index (κ2) is 4.85. The molecule has 104 valence electrons. The van der Waals surface area contributed by atoms with E-state index in [0.717, 1.165) is 36.5 Å². The zero-order valence-electron chi connectivity index (χ0n) is 12.4. The number of hydrogen-bond acceptors (Lipinski definition) is 2. The lowest BCUT2D eigenvalue weighted by molar-refractivity contribution is -0.0246. The van der Waals surface area contributed by atoms with Crippen molar-refractivity contribution in [2.45, 2.75) is 52.4 Å². The Morgan fingerprint density at radius 2 is 1.58 bits per heavy atom. The summed E-state index contributed by atoms with van der Waals surface area (Å²) in [7, 11) is 0. The van der Waals surface area contributed by atoms with Crippen molar-refractivity contribution < 1.29 is 0 Å². The van der Waals surface area contributed by atoms with Gasteiger partial charge in [0.1, 0.15) is 11.8 Å². The minimum absolute atomic E-state index is 0.377. The zero-order chi connectivity index (χ0) is 13.5. The van der Waals surface area contributed by atoms with Gasteiger partial charge in [0, 0.05) is 13.1 Å². The van der Waals surface area contributed by atoms with Crippen LogP contribution in [0.2, 0.25) is 0 Å². The number of nitrogens with zero attached hydrogens (tertiary/aromatic N) is 2. The van der Waals surface area contributed by atoms with Crippen LogP contribution < -0.4 is 0 Å². The highest BCUT2D eigenvalue weighted by atomic mass is 15.1. The molecule has 2 nitrogen and oxygen atoms in total. The van der Waals surface area contributed by atoms with Crippen LogP contribution in [-0.4, -0.2) is 18.0 Å². The minimum atomic E-state index is 0.377. The van der Waals surface area contributed by atoms with Gasteiger partial charge in [-0.2, -0.15) is 5.26 Å². The van der Waals surface area contributed by atoms with E-state index >= 15 is 0 Å². The molecule has 0 aliphatic heterocycles. The highest BCUT2D eigenvalue weighted by Gasteiger charge is 2.50.